The second kappa shape index (κ2) is 6.96. The van der Waals surface area contributed by atoms with E-state index < -0.39 is 17.4 Å². The summed E-state index contributed by atoms with van der Waals surface area (Å²) in [5, 5.41) is 9.75. The lowest BCUT2D eigenvalue weighted by molar-refractivity contribution is -0.151. The highest BCUT2D eigenvalue weighted by molar-refractivity contribution is 5.89. The summed E-state index contributed by atoms with van der Waals surface area (Å²) in [5.41, 5.74) is -0.760. The van der Waals surface area contributed by atoms with Crippen LogP contribution in [0.3, 0.4) is 0 Å². The zero-order valence-electron chi connectivity index (χ0n) is 15.4. The molecule has 6 heteroatoms. The molecule has 2 heterocycles. The van der Waals surface area contributed by atoms with Crippen molar-refractivity contribution in [3.63, 3.8) is 0 Å². The Morgan fingerprint density at radius 2 is 2.04 bits per heavy atom. The van der Waals surface area contributed by atoms with Crippen LogP contribution in [-0.2, 0) is 14.4 Å². The van der Waals surface area contributed by atoms with Crippen molar-refractivity contribution in [1.29, 1.82) is 0 Å². The van der Waals surface area contributed by atoms with Crippen molar-refractivity contribution in [3.8, 4) is 0 Å². The molecule has 0 bridgehead atoms. The van der Waals surface area contributed by atoms with E-state index in [2.05, 4.69) is 13.8 Å². The van der Waals surface area contributed by atoms with E-state index >= 15 is 0 Å². The van der Waals surface area contributed by atoms with Crippen LogP contribution in [0.1, 0.15) is 58.8 Å². The number of piperidine rings is 1. The Balaban J connectivity index is 1.79. The average Bonchev–Trinajstić information content (AvgIpc) is 3.10. The van der Waals surface area contributed by atoms with Crippen LogP contribution < -0.4 is 0 Å². The molecule has 1 N–H and O–H groups in total. The molecule has 1 saturated carbocycles. The number of amides is 2. The molecule has 3 atom stereocenters. The number of rotatable bonds is 5. The number of hydrogen-bond acceptors (Lipinski definition) is 3. The highest BCUT2D eigenvalue weighted by Crippen LogP contribution is 2.49. The summed E-state index contributed by atoms with van der Waals surface area (Å²) in [4.78, 5) is 41.0. The Morgan fingerprint density at radius 1 is 1.28 bits per heavy atom. The molecule has 2 saturated heterocycles. The van der Waals surface area contributed by atoms with Gasteiger partial charge in [0, 0.05) is 26.1 Å². The lowest BCUT2D eigenvalue weighted by atomic mass is 9.81. The van der Waals surface area contributed by atoms with Crippen molar-refractivity contribution < 1.29 is 19.5 Å². The fraction of sp³-hybridized carbons (Fsp3) is 0.842. The first-order valence-electron chi connectivity index (χ1n) is 9.67. The van der Waals surface area contributed by atoms with Gasteiger partial charge in [-0.05, 0) is 43.9 Å². The van der Waals surface area contributed by atoms with Gasteiger partial charge in [-0.15, -0.1) is 0 Å². The van der Waals surface area contributed by atoms with Crippen LogP contribution in [0, 0.1) is 17.3 Å². The number of nitrogens with zero attached hydrogens (tertiary/aromatic N) is 2. The van der Waals surface area contributed by atoms with E-state index in [1.807, 2.05) is 0 Å². The van der Waals surface area contributed by atoms with Crippen LogP contribution in [0.15, 0.2) is 0 Å². The maximum atomic E-state index is 13.3. The first-order chi connectivity index (χ1) is 11.8. The number of likely N-dealkylation sites (tertiary alicyclic amines) is 2. The number of aliphatic carboxylic acids is 1. The minimum atomic E-state index is -0.764. The predicted molar refractivity (Wildman–Crippen MR) is 92.8 cm³/mol. The third-order valence-corrected chi connectivity index (χ3v) is 6.32. The molecular formula is C19H30N2O4. The summed E-state index contributed by atoms with van der Waals surface area (Å²) < 4.78 is 0. The summed E-state index contributed by atoms with van der Waals surface area (Å²) in [7, 11) is 0. The van der Waals surface area contributed by atoms with Gasteiger partial charge < -0.3 is 14.9 Å². The van der Waals surface area contributed by atoms with E-state index in [4.69, 9.17) is 0 Å². The Labute approximate surface area is 149 Å². The van der Waals surface area contributed by atoms with E-state index in [-0.39, 0.29) is 17.7 Å². The lowest BCUT2D eigenvalue weighted by Gasteiger charge is -2.37. The molecule has 0 aromatic carbocycles. The van der Waals surface area contributed by atoms with Gasteiger partial charge in [0.25, 0.3) is 0 Å². The first-order valence-corrected chi connectivity index (χ1v) is 9.67. The van der Waals surface area contributed by atoms with E-state index in [1.54, 1.807) is 9.80 Å². The zero-order valence-corrected chi connectivity index (χ0v) is 15.4. The van der Waals surface area contributed by atoms with E-state index in [0.29, 0.717) is 44.8 Å². The maximum absolute atomic E-state index is 13.3. The van der Waals surface area contributed by atoms with Gasteiger partial charge in [0.05, 0.1) is 5.41 Å². The van der Waals surface area contributed by atoms with Gasteiger partial charge in [0.1, 0.15) is 6.04 Å². The highest BCUT2D eigenvalue weighted by Gasteiger charge is 2.56. The maximum Gasteiger partial charge on any atom is 0.311 e. The molecule has 0 aromatic heterocycles. The molecule has 2 amide bonds. The van der Waals surface area contributed by atoms with Crippen LogP contribution in [0.2, 0.25) is 0 Å². The molecule has 0 aromatic rings. The van der Waals surface area contributed by atoms with Crippen LogP contribution in [0.4, 0.5) is 0 Å². The number of carbonyl (C=O) groups is 3. The van der Waals surface area contributed by atoms with Crippen molar-refractivity contribution >= 4 is 17.8 Å². The lowest BCUT2D eigenvalue weighted by Crippen LogP contribution is -2.53. The SMILES string of the molecule is CC(C)CC(C(=O)N1C[C@@H]2CCC[C@@]2(C(=O)O)C1)N1CCCCC1=O. The Kier molecular flexibility index (Phi) is 5.07. The molecule has 3 aliphatic rings. The third-order valence-electron chi connectivity index (χ3n) is 6.32. The number of carboxylic acids is 1. The van der Waals surface area contributed by atoms with Crippen molar-refractivity contribution in [3.05, 3.63) is 0 Å². The van der Waals surface area contributed by atoms with Gasteiger partial charge >= 0.3 is 5.97 Å². The molecule has 3 fully saturated rings. The van der Waals surface area contributed by atoms with Gasteiger partial charge in [-0.3, -0.25) is 14.4 Å². The molecule has 0 spiro atoms. The van der Waals surface area contributed by atoms with Gasteiger partial charge in [0.15, 0.2) is 0 Å². The number of fused-ring (bicyclic) bond motifs is 1. The van der Waals surface area contributed by atoms with Crippen LogP contribution >= 0.6 is 0 Å². The van der Waals surface area contributed by atoms with E-state index in [0.717, 1.165) is 25.7 Å². The second-order valence-electron chi connectivity index (χ2n) is 8.46. The molecule has 2 aliphatic heterocycles. The largest absolute Gasteiger partial charge is 0.481 e. The molecule has 1 aliphatic carbocycles. The normalized spacial score (nSPS) is 30.7. The van der Waals surface area contributed by atoms with Crippen LogP contribution in [0.25, 0.3) is 0 Å². The Bertz CT molecular complexity index is 562. The number of hydrogen-bond donors (Lipinski definition) is 1. The fourth-order valence-electron chi connectivity index (χ4n) is 4.98. The van der Waals surface area contributed by atoms with Gasteiger partial charge in [-0.2, -0.15) is 0 Å². The average molecular weight is 350 g/mol. The van der Waals surface area contributed by atoms with Crippen molar-refractivity contribution in [2.75, 3.05) is 19.6 Å². The van der Waals surface area contributed by atoms with Crippen molar-refractivity contribution in [1.82, 2.24) is 9.80 Å². The predicted octanol–water partition coefficient (Wildman–Crippen LogP) is 2.13. The highest BCUT2D eigenvalue weighted by atomic mass is 16.4. The monoisotopic (exact) mass is 350 g/mol. The Morgan fingerprint density at radius 3 is 2.64 bits per heavy atom. The molecular weight excluding hydrogens is 320 g/mol. The Hall–Kier alpha value is -1.59. The summed E-state index contributed by atoms with van der Waals surface area (Å²) in [6.07, 6.45) is 5.47. The quantitative estimate of drug-likeness (QED) is 0.824. The minimum absolute atomic E-state index is 0.0426. The zero-order chi connectivity index (χ0) is 18.2. The van der Waals surface area contributed by atoms with Crippen LogP contribution in [-0.4, -0.2) is 58.4 Å². The summed E-state index contributed by atoms with van der Waals surface area (Å²) in [6.45, 7) is 5.60. The molecule has 3 rings (SSSR count). The molecule has 1 unspecified atom stereocenters. The van der Waals surface area contributed by atoms with Crippen molar-refractivity contribution in [2.45, 2.75) is 64.8 Å². The fourth-order valence-corrected chi connectivity index (χ4v) is 4.98. The molecule has 140 valence electrons. The first kappa shape index (κ1) is 18.2. The van der Waals surface area contributed by atoms with E-state index in [1.165, 1.54) is 0 Å². The number of carboxylic acid groups (broad SMARTS) is 1. The standard InChI is InChI=1S/C19H30N2O4/c1-13(2)10-15(21-9-4-3-7-16(21)22)17(23)20-11-14-6-5-8-19(14,12-20)18(24)25/h13-15H,3-12H2,1-2H3,(H,24,25)/t14-,15?,19+/m0/s1. The van der Waals surface area contributed by atoms with Gasteiger partial charge in [-0.1, -0.05) is 20.3 Å². The third kappa shape index (κ3) is 3.27. The molecule has 0 radical (unpaired) electrons. The van der Waals surface area contributed by atoms with E-state index in [9.17, 15) is 19.5 Å². The molecule has 25 heavy (non-hydrogen) atoms. The minimum Gasteiger partial charge on any atom is -0.481 e. The summed E-state index contributed by atoms with van der Waals surface area (Å²) in [5.74, 6) is -0.374. The summed E-state index contributed by atoms with van der Waals surface area (Å²) in [6, 6.07) is -0.433. The van der Waals surface area contributed by atoms with Crippen LogP contribution in [0.5, 0.6) is 0 Å². The van der Waals surface area contributed by atoms with Gasteiger partial charge in [-0.25, -0.2) is 0 Å². The topological polar surface area (TPSA) is 77.9 Å². The molecule has 6 nitrogen and oxygen atoms in total. The van der Waals surface area contributed by atoms with Crippen molar-refractivity contribution in [2.24, 2.45) is 17.3 Å². The smallest absolute Gasteiger partial charge is 0.311 e. The second-order valence-corrected chi connectivity index (χ2v) is 8.46. The number of carbonyl (C=O) groups excluding carboxylic acids is 2. The van der Waals surface area contributed by atoms with Gasteiger partial charge in [0.2, 0.25) is 11.8 Å². The summed E-state index contributed by atoms with van der Waals surface area (Å²) >= 11 is 0.